The van der Waals surface area contributed by atoms with E-state index in [0.717, 1.165) is 41.9 Å². The molecule has 0 saturated heterocycles. The molecule has 0 unspecified atom stereocenters. The summed E-state index contributed by atoms with van der Waals surface area (Å²) in [4.78, 5) is 31.4. The first kappa shape index (κ1) is 23.6. The molecule has 2 aliphatic rings. The molecular weight excluding hydrogens is 440 g/mol. The van der Waals surface area contributed by atoms with Gasteiger partial charge in [-0.15, -0.1) is 11.3 Å². The summed E-state index contributed by atoms with van der Waals surface area (Å²) in [5.41, 5.74) is 0.964. The zero-order chi connectivity index (χ0) is 23.0. The first-order valence-electron chi connectivity index (χ1n) is 11.6. The molecule has 7 nitrogen and oxygen atoms in total. The molecule has 33 heavy (non-hydrogen) atoms. The van der Waals surface area contributed by atoms with Gasteiger partial charge in [0.25, 0.3) is 0 Å². The summed E-state index contributed by atoms with van der Waals surface area (Å²) in [6, 6.07) is 9.77. The molecule has 1 aliphatic heterocycles. The molecule has 2 aromatic rings. The normalized spacial score (nSPS) is 15.4. The fourth-order valence-electron chi connectivity index (χ4n) is 4.42. The third kappa shape index (κ3) is 6.26. The highest BCUT2D eigenvalue weighted by Crippen LogP contribution is 2.33. The average Bonchev–Trinajstić information content (AvgIpc) is 3.53. The van der Waals surface area contributed by atoms with Gasteiger partial charge in [0.2, 0.25) is 18.6 Å². The number of hydrogen-bond acceptors (Lipinski definition) is 6. The van der Waals surface area contributed by atoms with Gasteiger partial charge in [-0.25, -0.2) is 0 Å². The van der Waals surface area contributed by atoms with E-state index in [4.69, 9.17) is 14.2 Å². The van der Waals surface area contributed by atoms with E-state index in [1.807, 2.05) is 40.6 Å². The van der Waals surface area contributed by atoms with Crippen LogP contribution in [-0.2, 0) is 27.4 Å². The number of rotatable bonds is 10. The minimum Gasteiger partial charge on any atom is -0.454 e. The van der Waals surface area contributed by atoms with Crippen molar-refractivity contribution in [2.24, 2.45) is 5.92 Å². The highest BCUT2D eigenvalue weighted by atomic mass is 32.1. The molecule has 2 heterocycles. The van der Waals surface area contributed by atoms with E-state index in [9.17, 15) is 9.59 Å². The molecule has 8 heteroatoms. The summed E-state index contributed by atoms with van der Waals surface area (Å²) in [5.74, 6) is 1.45. The van der Waals surface area contributed by atoms with Gasteiger partial charge in [0.1, 0.15) is 0 Å². The Labute approximate surface area is 199 Å². The molecule has 1 fully saturated rings. The quantitative estimate of drug-likeness (QED) is 0.522. The fraction of sp³-hybridized carbons (Fsp3) is 0.520. The second-order valence-electron chi connectivity index (χ2n) is 8.60. The second kappa shape index (κ2) is 11.5. The molecule has 0 atom stereocenters. The zero-order valence-electron chi connectivity index (χ0n) is 19.2. The van der Waals surface area contributed by atoms with Gasteiger partial charge >= 0.3 is 0 Å². The van der Waals surface area contributed by atoms with Gasteiger partial charge in [-0.3, -0.25) is 9.59 Å². The molecule has 0 spiro atoms. The van der Waals surface area contributed by atoms with Crippen LogP contribution in [0.25, 0.3) is 0 Å². The lowest BCUT2D eigenvalue weighted by molar-refractivity contribution is -0.144. The van der Waals surface area contributed by atoms with Gasteiger partial charge < -0.3 is 24.0 Å². The van der Waals surface area contributed by atoms with Gasteiger partial charge in [0.15, 0.2) is 11.5 Å². The number of hydrogen-bond donors (Lipinski definition) is 0. The Morgan fingerprint density at radius 1 is 1.06 bits per heavy atom. The Morgan fingerprint density at radius 2 is 1.88 bits per heavy atom. The number of carbonyl (C=O) groups excluding carboxylic acids is 2. The zero-order valence-corrected chi connectivity index (χ0v) is 20.0. The number of carbonyl (C=O) groups is 2. The van der Waals surface area contributed by atoms with E-state index in [-0.39, 0.29) is 31.1 Å². The fourth-order valence-corrected chi connectivity index (χ4v) is 5.14. The molecule has 2 amide bonds. The topological polar surface area (TPSA) is 68.3 Å². The van der Waals surface area contributed by atoms with E-state index < -0.39 is 0 Å². The van der Waals surface area contributed by atoms with Crippen LogP contribution in [0.4, 0.5) is 0 Å². The molecule has 4 rings (SSSR count). The van der Waals surface area contributed by atoms with E-state index in [1.165, 1.54) is 6.42 Å². The lowest BCUT2D eigenvalue weighted by Gasteiger charge is -2.31. The number of nitrogens with zero attached hydrogens (tertiary/aromatic N) is 2. The Morgan fingerprint density at radius 3 is 2.64 bits per heavy atom. The van der Waals surface area contributed by atoms with Crippen LogP contribution in [-0.4, -0.2) is 55.2 Å². The highest BCUT2D eigenvalue weighted by Gasteiger charge is 2.29. The first-order chi connectivity index (χ1) is 16.1. The smallest absolute Gasteiger partial charge is 0.242 e. The summed E-state index contributed by atoms with van der Waals surface area (Å²) in [5, 5.41) is 2.01. The SMILES string of the molecule is COCCN(CC(=O)N(Cc1ccc2c(c1)OCO2)Cc1cccs1)C(=O)C1CCCCC1. The van der Waals surface area contributed by atoms with Crippen LogP contribution in [0, 0.1) is 5.92 Å². The standard InChI is InChI=1S/C25H32N2O5S/c1-30-12-11-26(25(29)20-6-3-2-4-7-20)17-24(28)27(16-21-8-5-13-33-21)15-19-9-10-22-23(14-19)32-18-31-22/h5,8-10,13-14,20H,2-4,6-7,11-12,15-18H2,1H3. The van der Waals surface area contributed by atoms with Crippen LogP contribution in [0.5, 0.6) is 11.5 Å². The maximum Gasteiger partial charge on any atom is 0.242 e. The van der Waals surface area contributed by atoms with E-state index in [1.54, 1.807) is 23.3 Å². The highest BCUT2D eigenvalue weighted by molar-refractivity contribution is 7.09. The summed E-state index contributed by atoms with van der Waals surface area (Å²) in [6.07, 6.45) is 5.16. The third-order valence-electron chi connectivity index (χ3n) is 6.25. The van der Waals surface area contributed by atoms with Crippen LogP contribution in [0.1, 0.15) is 42.5 Å². The molecule has 0 N–H and O–H groups in total. The van der Waals surface area contributed by atoms with Gasteiger partial charge in [0.05, 0.1) is 19.7 Å². The maximum atomic E-state index is 13.5. The van der Waals surface area contributed by atoms with E-state index in [2.05, 4.69) is 0 Å². The van der Waals surface area contributed by atoms with Crippen molar-refractivity contribution < 1.29 is 23.8 Å². The molecule has 1 aromatic carbocycles. The first-order valence-corrected chi connectivity index (χ1v) is 12.5. The largest absolute Gasteiger partial charge is 0.454 e. The Hall–Kier alpha value is -2.58. The maximum absolute atomic E-state index is 13.5. The van der Waals surface area contributed by atoms with Crippen molar-refractivity contribution in [2.45, 2.75) is 45.2 Å². The molecule has 0 bridgehead atoms. The number of methoxy groups -OCH3 is 1. The summed E-state index contributed by atoms with van der Waals surface area (Å²) < 4.78 is 16.1. The van der Waals surface area contributed by atoms with Gasteiger partial charge in [0, 0.05) is 31.0 Å². The number of ether oxygens (including phenoxy) is 3. The molecule has 1 aliphatic carbocycles. The second-order valence-corrected chi connectivity index (χ2v) is 9.64. The number of benzene rings is 1. The summed E-state index contributed by atoms with van der Waals surface area (Å²) in [7, 11) is 1.62. The van der Waals surface area contributed by atoms with Gasteiger partial charge in [-0.2, -0.15) is 0 Å². The third-order valence-corrected chi connectivity index (χ3v) is 7.11. The van der Waals surface area contributed by atoms with E-state index in [0.29, 0.717) is 32.0 Å². The van der Waals surface area contributed by atoms with Crippen LogP contribution >= 0.6 is 11.3 Å². The summed E-state index contributed by atoms with van der Waals surface area (Å²) in [6.45, 7) is 2.06. The van der Waals surface area contributed by atoms with Crippen molar-refractivity contribution in [1.82, 2.24) is 9.80 Å². The van der Waals surface area contributed by atoms with Crippen LogP contribution in [0.15, 0.2) is 35.7 Å². The van der Waals surface area contributed by atoms with Crippen molar-refractivity contribution in [3.63, 3.8) is 0 Å². The van der Waals surface area contributed by atoms with Crippen molar-refractivity contribution >= 4 is 23.2 Å². The lowest BCUT2D eigenvalue weighted by Crippen LogP contribution is -2.46. The number of thiophene rings is 1. The lowest BCUT2D eigenvalue weighted by atomic mass is 9.88. The van der Waals surface area contributed by atoms with Crippen LogP contribution in [0.2, 0.25) is 0 Å². The minimum absolute atomic E-state index is 0.0167. The monoisotopic (exact) mass is 472 g/mol. The van der Waals surface area contributed by atoms with Gasteiger partial charge in [-0.05, 0) is 42.0 Å². The van der Waals surface area contributed by atoms with Crippen molar-refractivity contribution in [2.75, 3.05) is 33.6 Å². The van der Waals surface area contributed by atoms with Crippen LogP contribution in [0.3, 0.4) is 0 Å². The molecule has 1 saturated carbocycles. The molecule has 1 aromatic heterocycles. The summed E-state index contributed by atoms with van der Waals surface area (Å²) >= 11 is 1.62. The Kier molecular flexibility index (Phi) is 8.23. The number of amides is 2. The molecule has 178 valence electrons. The van der Waals surface area contributed by atoms with Crippen molar-refractivity contribution in [3.8, 4) is 11.5 Å². The van der Waals surface area contributed by atoms with Gasteiger partial charge in [-0.1, -0.05) is 31.4 Å². The minimum atomic E-state index is -0.0682. The molecular formula is C25H32N2O5S. The van der Waals surface area contributed by atoms with Crippen molar-refractivity contribution in [1.29, 1.82) is 0 Å². The number of fused-ring (bicyclic) bond motifs is 1. The predicted molar refractivity (Wildman–Crippen MR) is 126 cm³/mol. The Bertz CT molecular complexity index is 927. The Balaban J connectivity index is 1.48. The van der Waals surface area contributed by atoms with Crippen molar-refractivity contribution in [3.05, 3.63) is 46.2 Å². The average molecular weight is 473 g/mol. The molecule has 0 radical (unpaired) electrons. The predicted octanol–water partition coefficient (Wildman–Crippen LogP) is 4.06. The van der Waals surface area contributed by atoms with E-state index >= 15 is 0 Å². The van der Waals surface area contributed by atoms with Crippen LogP contribution < -0.4 is 9.47 Å².